The van der Waals surface area contributed by atoms with Crippen molar-refractivity contribution in [2.45, 2.75) is 38.7 Å². The predicted molar refractivity (Wildman–Crippen MR) is 110 cm³/mol. The zero-order chi connectivity index (χ0) is 20.0. The Morgan fingerprint density at radius 3 is 2.79 bits per heavy atom. The molecular formula is C24H24FN3O. The van der Waals surface area contributed by atoms with Crippen LogP contribution in [0.3, 0.4) is 0 Å². The zero-order valence-corrected chi connectivity index (χ0v) is 16.4. The van der Waals surface area contributed by atoms with E-state index in [9.17, 15) is 9.50 Å². The Kier molecular flexibility index (Phi) is 4.36. The van der Waals surface area contributed by atoms with Crippen LogP contribution in [0.5, 0.6) is 0 Å². The molecule has 0 spiro atoms. The normalized spacial score (nSPS) is 24.4. The highest BCUT2D eigenvalue weighted by molar-refractivity contribution is 5.61. The lowest BCUT2D eigenvalue weighted by Gasteiger charge is -2.47. The average Bonchev–Trinajstić information content (AvgIpc) is 3.14. The summed E-state index contributed by atoms with van der Waals surface area (Å²) < 4.78 is 15.2. The quantitative estimate of drug-likeness (QED) is 0.694. The van der Waals surface area contributed by atoms with Gasteiger partial charge in [0.2, 0.25) is 0 Å². The van der Waals surface area contributed by atoms with Gasteiger partial charge in [0.15, 0.2) is 0 Å². The molecule has 0 aliphatic heterocycles. The van der Waals surface area contributed by atoms with E-state index in [-0.39, 0.29) is 17.2 Å². The Hall–Kier alpha value is -2.79. The minimum absolute atomic E-state index is 0.114. The monoisotopic (exact) mass is 389 g/mol. The topological polar surface area (TPSA) is 50.9 Å². The lowest BCUT2D eigenvalue weighted by atomic mass is 9.58. The fourth-order valence-corrected chi connectivity index (χ4v) is 5.16. The molecule has 0 bridgehead atoms. The summed E-state index contributed by atoms with van der Waals surface area (Å²) in [6, 6.07) is 10.3. The molecule has 4 nitrogen and oxygen atoms in total. The van der Waals surface area contributed by atoms with Crippen molar-refractivity contribution in [3.05, 3.63) is 83.2 Å². The maximum absolute atomic E-state index is 13.3. The van der Waals surface area contributed by atoms with Gasteiger partial charge in [0.1, 0.15) is 5.82 Å². The van der Waals surface area contributed by atoms with Crippen molar-refractivity contribution in [3.63, 3.8) is 0 Å². The Morgan fingerprint density at radius 1 is 1.21 bits per heavy atom. The molecule has 5 heteroatoms. The molecule has 0 saturated heterocycles. The van der Waals surface area contributed by atoms with E-state index in [1.54, 1.807) is 24.5 Å². The van der Waals surface area contributed by atoms with Crippen molar-refractivity contribution in [2.24, 2.45) is 11.3 Å². The van der Waals surface area contributed by atoms with E-state index in [1.807, 2.05) is 23.0 Å². The molecule has 1 aromatic carbocycles. The molecule has 0 radical (unpaired) electrons. The van der Waals surface area contributed by atoms with Crippen LogP contribution in [0.15, 0.2) is 60.6 Å². The Balaban J connectivity index is 1.53. The molecule has 3 aromatic rings. The van der Waals surface area contributed by atoms with Gasteiger partial charge in [0.25, 0.3) is 0 Å². The summed E-state index contributed by atoms with van der Waals surface area (Å²) in [6.45, 7) is 2.28. The molecule has 1 saturated carbocycles. The second-order valence-corrected chi connectivity index (χ2v) is 8.44. The maximum Gasteiger partial charge on any atom is 0.123 e. The molecule has 2 heterocycles. The van der Waals surface area contributed by atoms with Crippen molar-refractivity contribution in [2.75, 3.05) is 0 Å². The van der Waals surface area contributed by atoms with Crippen LogP contribution in [0.4, 0.5) is 4.39 Å². The summed E-state index contributed by atoms with van der Waals surface area (Å²) in [5, 5.41) is 15.8. The van der Waals surface area contributed by atoms with Crippen LogP contribution in [-0.2, 0) is 6.42 Å². The van der Waals surface area contributed by atoms with Gasteiger partial charge in [-0.15, -0.1) is 0 Å². The third-order valence-corrected chi connectivity index (χ3v) is 6.75. The highest BCUT2D eigenvalue weighted by atomic mass is 19.1. The second-order valence-electron chi connectivity index (χ2n) is 8.44. The molecule has 1 N–H and O–H groups in total. The first kappa shape index (κ1) is 18.3. The number of pyridine rings is 1. The number of hydrogen-bond acceptors (Lipinski definition) is 3. The number of aliphatic hydroxyl groups is 1. The third kappa shape index (κ3) is 3.01. The van der Waals surface area contributed by atoms with Gasteiger partial charge in [-0.05, 0) is 84.6 Å². The van der Waals surface area contributed by atoms with Crippen molar-refractivity contribution < 1.29 is 9.50 Å². The Morgan fingerprint density at radius 2 is 2.03 bits per heavy atom. The van der Waals surface area contributed by atoms with E-state index < -0.39 is 6.10 Å². The first-order chi connectivity index (χ1) is 14.1. The van der Waals surface area contributed by atoms with Gasteiger partial charge in [-0.1, -0.05) is 18.6 Å². The molecular weight excluding hydrogens is 365 g/mol. The molecule has 29 heavy (non-hydrogen) atoms. The van der Waals surface area contributed by atoms with Gasteiger partial charge in [0.05, 0.1) is 23.7 Å². The molecule has 2 aromatic heterocycles. The molecule has 148 valence electrons. The van der Waals surface area contributed by atoms with Crippen molar-refractivity contribution >= 4 is 6.08 Å². The van der Waals surface area contributed by atoms with Crippen molar-refractivity contribution in [1.82, 2.24) is 14.8 Å². The van der Waals surface area contributed by atoms with Gasteiger partial charge in [-0.3, -0.25) is 4.98 Å². The smallest absolute Gasteiger partial charge is 0.123 e. The number of nitrogens with zero attached hydrogens (tertiary/aromatic N) is 3. The van der Waals surface area contributed by atoms with Crippen LogP contribution in [0.25, 0.3) is 11.8 Å². The maximum atomic E-state index is 13.3. The van der Waals surface area contributed by atoms with Crippen molar-refractivity contribution in [3.8, 4) is 5.69 Å². The van der Waals surface area contributed by atoms with E-state index in [0.29, 0.717) is 0 Å². The number of fused-ring (bicyclic) bond motifs is 2. The third-order valence-electron chi connectivity index (χ3n) is 6.75. The number of aliphatic hydroxyl groups excluding tert-OH is 1. The highest BCUT2D eigenvalue weighted by Crippen LogP contribution is 2.54. The van der Waals surface area contributed by atoms with Gasteiger partial charge in [-0.2, -0.15) is 5.10 Å². The number of aromatic nitrogens is 3. The van der Waals surface area contributed by atoms with E-state index in [1.165, 1.54) is 23.3 Å². The molecule has 2 aliphatic carbocycles. The fourth-order valence-electron chi connectivity index (χ4n) is 5.16. The SMILES string of the molecule is C[C@]12Cc3cnn(-c4ccc(F)cc4)c3C=C1CCC[C@@H]2[C@@H](O)c1cccnc1. The first-order valence-electron chi connectivity index (χ1n) is 10.2. The van der Waals surface area contributed by atoms with Crippen molar-refractivity contribution in [1.29, 1.82) is 0 Å². The van der Waals surface area contributed by atoms with Gasteiger partial charge in [0, 0.05) is 12.4 Å². The fraction of sp³-hybridized carbons (Fsp3) is 0.333. The lowest BCUT2D eigenvalue weighted by Crippen LogP contribution is -2.40. The first-order valence-corrected chi connectivity index (χ1v) is 10.2. The van der Waals surface area contributed by atoms with Crippen LogP contribution in [0.2, 0.25) is 0 Å². The molecule has 0 unspecified atom stereocenters. The molecule has 3 atom stereocenters. The molecule has 0 amide bonds. The summed E-state index contributed by atoms with van der Waals surface area (Å²) in [6.07, 6.45) is 11.1. The molecule has 1 fully saturated rings. The molecule has 2 aliphatic rings. The minimum atomic E-state index is -0.536. The van der Waals surface area contributed by atoms with Crippen LogP contribution < -0.4 is 0 Å². The number of allylic oxidation sites excluding steroid dienone is 1. The average molecular weight is 389 g/mol. The number of rotatable bonds is 3. The predicted octanol–water partition coefficient (Wildman–Crippen LogP) is 4.89. The summed E-state index contributed by atoms with van der Waals surface area (Å²) in [5.74, 6) is -0.116. The Bertz CT molecular complexity index is 1060. The summed E-state index contributed by atoms with van der Waals surface area (Å²) >= 11 is 0. The van der Waals surface area contributed by atoms with Crippen LogP contribution in [-0.4, -0.2) is 19.9 Å². The van der Waals surface area contributed by atoms with Gasteiger partial charge >= 0.3 is 0 Å². The van der Waals surface area contributed by atoms with E-state index >= 15 is 0 Å². The zero-order valence-electron chi connectivity index (χ0n) is 16.4. The van der Waals surface area contributed by atoms with Crippen LogP contribution in [0, 0.1) is 17.2 Å². The summed E-state index contributed by atoms with van der Waals surface area (Å²) in [4.78, 5) is 4.19. The Labute approximate surface area is 169 Å². The van der Waals surface area contributed by atoms with Gasteiger partial charge < -0.3 is 5.11 Å². The summed E-state index contributed by atoms with van der Waals surface area (Å²) in [7, 11) is 0. The largest absolute Gasteiger partial charge is 0.388 e. The van der Waals surface area contributed by atoms with Crippen LogP contribution >= 0.6 is 0 Å². The lowest BCUT2D eigenvalue weighted by molar-refractivity contribution is 0.0215. The highest BCUT2D eigenvalue weighted by Gasteiger charge is 2.46. The molecule has 5 rings (SSSR count). The summed E-state index contributed by atoms with van der Waals surface area (Å²) in [5.41, 5.74) is 5.24. The number of halogens is 1. The van der Waals surface area contributed by atoms with Crippen LogP contribution in [0.1, 0.15) is 49.1 Å². The van der Waals surface area contributed by atoms with E-state index in [0.717, 1.165) is 42.6 Å². The number of hydrogen-bond donors (Lipinski definition) is 1. The second kappa shape index (κ2) is 6.92. The standard InChI is InChI=1S/C24H24FN3O/c1-24-13-17-15-27-28(20-9-7-19(25)8-10-20)22(17)12-18(24)5-2-6-21(24)23(29)16-4-3-11-26-14-16/h3-4,7-12,14-15,21,23,29H,2,5-6,13H2,1H3/t21-,23+,24+/m1/s1. The van der Waals surface area contributed by atoms with E-state index in [4.69, 9.17) is 0 Å². The van der Waals surface area contributed by atoms with Gasteiger partial charge in [-0.25, -0.2) is 9.07 Å². The minimum Gasteiger partial charge on any atom is -0.388 e. The van der Waals surface area contributed by atoms with E-state index in [2.05, 4.69) is 23.1 Å². The number of benzene rings is 1.